The van der Waals surface area contributed by atoms with Crippen molar-refractivity contribution < 1.29 is 19.0 Å². The van der Waals surface area contributed by atoms with Crippen LogP contribution in [0.3, 0.4) is 0 Å². The number of carbonyl (C=O) groups is 1. The zero-order valence-corrected chi connectivity index (χ0v) is 13.6. The van der Waals surface area contributed by atoms with Gasteiger partial charge in [0.05, 0.1) is 13.2 Å². The Morgan fingerprint density at radius 2 is 1.91 bits per heavy atom. The fourth-order valence-corrected chi connectivity index (χ4v) is 1.63. The van der Waals surface area contributed by atoms with E-state index in [0.29, 0.717) is 24.5 Å². The van der Waals surface area contributed by atoms with Crippen molar-refractivity contribution in [2.75, 3.05) is 27.4 Å². The smallest absolute Gasteiger partial charge is 0.291 e. The number of ether oxygens (including phenoxy) is 3. The van der Waals surface area contributed by atoms with Crippen molar-refractivity contribution in [3.05, 3.63) is 29.8 Å². The lowest BCUT2D eigenvalue weighted by Crippen LogP contribution is -2.34. The fourth-order valence-electron chi connectivity index (χ4n) is 1.63. The zero-order chi connectivity index (χ0) is 16.4. The Balaban J connectivity index is 2.67. The molecule has 0 saturated carbocycles. The van der Waals surface area contributed by atoms with E-state index in [2.05, 4.69) is 10.3 Å². The van der Waals surface area contributed by atoms with E-state index in [1.54, 1.807) is 38.5 Å². The average molecular weight is 308 g/mol. The molecule has 0 unspecified atom stereocenters. The van der Waals surface area contributed by atoms with Gasteiger partial charge in [-0.15, -0.1) is 0 Å². The van der Waals surface area contributed by atoms with Crippen LogP contribution in [0, 0.1) is 0 Å². The molecule has 0 aliphatic heterocycles. The summed E-state index contributed by atoms with van der Waals surface area (Å²) in [6, 6.07) is 7.06. The van der Waals surface area contributed by atoms with Crippen LogP contribution in [0.2, 0.25) is 0 Å². The predicted molar refractivity (Wildman–Crippen MR) is 85.5 cm³/mol. The van der Waals surface area contributed by atoms with Gasteiger partial charge >= 0.3 is 0 Å². The van der Waals surface area contributed by atoms with Crippen molar-refractivity contribution in [1.29, 1.82) is 0 Å². The molecule has 0 radical (unpaired) electrons. The lowest BCUT2D eigenvalue weighted by molar-refractivity contribution is 0.0959. The molecule has 1 aromatic carbocycles. The summed E-state index contributed by atoms with van der Waals surface area (Å²) in [5.74, 6) is 0.428. The molecule has 1 rings (SSSR count). The summed E-state index contributed by atoms with van der Waals surface area (Å²) in [4.78, 5) is 16.4. The lowest BCUT2D eigenvalue weighted by Gasteiger charge is -2.13. The first-order chi connectivity index (χ1) is 10.6. The third-order valence-electron chi connectivity index (χ3n) is 2.68. The van der Waals surface area contributed by atoms with E-state index in [1.807, 2.05) is 13.8 Å². The number of methoxy groups -OCH3 is 2. The molecule has 0 spiro atoms. The molecular formula is C16H24N2O4. The van der Waals surface area contributed by atoms with Crippen molar-refractivity contribution in [3.63, 3.8) is 0 Å². The molecule has 1 aromatic rings. The van der Waals surface area contributed by atoms with Crippen LogP contribution < -0.4 is 10.1 Å². The molecule has 0 aliphatic rings. The Bertz CT molecular complexity index is 483. The minimum Gasteiger partial charge on any atom is -0.497 e. The molecule has 0 fully saturated rings. The second-order valence-corrected chi connectivity index (χ2v) is 4.88. The number of hydrogen-bond acceptors (Lipinski definition) is 5. The minimum atomic E-state index is -0.270. The molecule has 0 aromatic heterocycles. The van der Waals surface area contributed by atoms with Crippen LogP contribution >= 0.6 is 0 Å². The summed E-state index contributed by atoms with van der Waals surface area (Å²) in [6.07, 6.45) is 0.692. The van der Waals surface area contributed by atoms with E-state index in [4.69, 9.17) is 14.2 Å². The molecule has 0 saturated heterocycles. The van der Waals surface area contributed by atoms with E-state index in [0.717, 1.165) is 6.42 Å². The van der Waals surface area contributed by atoms with Gasteiger partial charge in [-0.3, -0.25) is 10.1 Å². The molecule has 1 N–H and O–H groups in total. The number of amidine groups is 1. The molecule has 122 valence electrons. The van der Waals surface area contributed by atoms with E-state index < -0.39 is 0 Å². The van der Waals surface area contributed by atoms with Gasteiger partial charge < -0.3 is 14.2 Å². The molecule has 6 nitrogen and oxygen atoms in total. The summed E-state index contributed by atoms with van der Waals surface area (Å²) < 4.78 is 15.6. The van der Waals surface area contributed by atoms with Crippen LogP contribution in [0.25, 0.3) is 0 Å². The third-order valence-corrected chi connectivity index (χ3v) is 2.68. The second-order valence-electron chi connectivity index (χ2n) is 4.88. The lowest BCUT2D eigenvalue weighted by atomic mass is 10.2. The van der Waals surface area contributed by atoms with Gasteiger partial charge in [0.25, 0.3) is 11.9 Å². The molecule has 1 amide bonds. The van der Waals surface area contributed by atoms with Crippen molar-refractivity contribution in [1.82, 2.24) is 5.32 Å². The summed E-state index contributed by atoms with van der Waals surface area (Å²) in [6.45, 7) is 4.90. The molecule has 6 heteroatoms. The normalized spacial score (nSPS) is 11.4. The number of nitrogens with zero attached hydrogens (tertiary/aromatic N) is 1. The van der Waals surface area contributed by atoms with Crippen LogP contribution in [-0.4, -0.2) is 45.4 Å². The van der Waals surface area contributed by atoms with E-state index >= 15 is 0 Å². The number of benzene rings is 1. The van der Waals surface area contributed by atoms with Crippen LogP contribution in [0.1, 0.15) is 30.6 Å². The number of amides is 1. The SMILES string of the molecule is COCCCN=C(NC(=O)c1ccc(OC)cc1)OC(C)C. The maximum Gasteiger partial charge on any atom is 0.291 e. The second kappa shape index (κ2) is 9.78. The van der Waals surface area contributed by atoms with Crippen LogP contribution in [0.4, 0.5) is 0 Å². The highest BCUT2D eigenvalue weighted by Crippen LogP contribution is 2.11. The molecule has 22 heavy (non-hydrogen) atoms. The first kappa shape index (κ1) is 18.0. The van der Waals surface area contributed by atoms with Crippen molar-refractivity contribution >= 4 is 11.9 Å². The fraction of sp³-hybridized carbons (Fsp3) is 0.500. The van der Waals surface area contributed by atoms with Gasteiger partial charge in [-0.1, -0.05) is 0 Å². The highest BCUT2D eigenvalue weighted by molar-refractivity contribution is 6.04. The number of hydrogen-bond donors (Lipinski definition) is 1. The van der Waals surface area contributed by atoms with Crippen molar-refractivity contribution in [3.8, 4) is 5.75 Å². The first-order valence-electron chi connectivity index (χ1n) is 7.22. The summed E-state index contributed by atoms with van der Waals surface area (Å²) in [5, 5.41) is 2.69. The van der Waals surface area contributed by atoms with Gasteiger partial charge in [0, 0.05) is 25.8 Å². The van der Waals surface area contributed by atoms with Crippen LogP contribution in [-0.2, 0) is 9.47 Å². The van der Waals surface area contributed by atoms with Crippen LogP contribution in [0.15, 0.2) is 29.3 Å². The Morgan fingerprint density at radius 3 is 2.45 bits per heavy atom. The van der Waals surface area contributed by atoms with Gasteiger partial charge in [0.15, 0.2) is 0 Å². The topological polar surface area (TPSA) is 69.2 Å². The zero-order valence-electron chi connectivity index (χ0n) is 13.6. The quantitative estimate of drug-likeness (QED) is 0.476. The van der Waals surface area contributed by atoms with Gasteiger partial charge in [-0.25, -0.2) is 4.99 Å². The highest BCUT2D eigenvalue weighted by Gasteiger charge is 2.11. The van der Waals surface area contributed by atoms with E-state index in [-0.39, 0.29) is 18.0 Å². The summed E-state index contributed by atoms with van der Waals surface area (Å²) in [5.41, 5.74) is 0.512. The highest BCUT2D eigenvalue weighted by atomic mass is 16.5. The maximum atomic E-state index is 12.2. The molecule has 0 heterocycles. The van der Waals surface area contributed by atoms with Gasteiger partial charge in [0.1, 0.15) is 5.75 Å². The summed E-state index contributed by atoms with van der Waals surface area (Å²) >= 11 is 0. The predicted octanol–water partition coefficient (Wildman–Crippen LogP) is 2.24. The Hall–Kier alpha value is -2.08. The monoisotopic (exact) mass is 308 g/mol. The molecule has 0 atom stereocenters. The van der Waals surface area contributed by atoms with E-state index in [1.165, 1.54) is 0 Å². The average Bonchev–Trinajstić information content (AvgIpc) is 2.51. The molecular weight excluding hydrogens is 284 g/mol. The minimum absolute atomic E-state index is 0.0719. The van der Waals surface area contributed by atoms with Gasteiger partial charge in [-0.2, -0.15) is 0 Å². The Kier molecular flexibility index (Phi) is 7.99. The van der Waals surface area contributed by atoms with E-state index in [9.17, 15) is 4.79 Å². The number of carbonyl (C=O) groups excluding carboxylic acids is 1. The number of rotatable bonds is 7. The number of aliphatic imine (C=N–C) groups is 1. The van der Waals surface area contributed by atoms with Gasteiger partial charge in [-0.05, 0) is 44.5 Å². The largest absolute Gasteiger partial charge is 0.497 e. The molecule has 0 aliphatic carbocycles. The van der Waals surface area contributed by atoms with Crippen LogP contribution in [0.5, 0.6) is 5.75 Å². The standard InChI is InChI=1S/C16H24N2O4/c1-12(2)22-16(17-10-5-11-20-3)18-15(19)13-6-8-14(21-4)9-7-13/h6-9,12H,5,10-11H2,1-4H3,(H,17,18,19). The number of nitrogens with one attached hydrogen (secondary N) is 1. The Morgan fingerprint density at radius 1 is 1.23 bits per heavy atom. The molecule has 0 bridgehead atoms. The maximum absolute atomic E-state index is 12.2. The first-order valence-corrected chi connectivity index (χ1v) is 7.22. The van der Waals surface area contributed by atoms with Gasteiger partial charge in [0.2, 0.25) is 0 Å². The Labute approximate surface area is 131 Å². The summed E-state index contributed by atoms with van der Waals surface area (Å²) in [7, 11) is 3.22. The third kappa shape index (κ3) is 6.58. The van der Waals surface area contributed by atoms with Crippen molar-refractivity contribution in [2.45, 2.75) is 26.4 Å². The van der Waals surface area contributed by atoms with Crippen molar-refractivity contribution in [2.24, 2.45) is 4.99 Å².